The van der Waals surface area contributed by atoms with E-state index in [1.165, 1.54) is 0 Å². The zero-order valence-electron chi connectivity index (χ0n) is 13.6. The van der Waals surface area contributed by atoms with E-state index in [-0.39, 0.29) is 6.03 Å². The van der Waals surface area contributed by atoms with E-state index >= 15 is 0 Å². The number of rotatable bonds is 3. The quantitative estimate of drug-likeness (QED) is 0.908. The second-order valence-corrected chi connectivity index (χ2v) is 5.97. The number of nitrogens with zero attached hydrogens (tertiary/aromatic N) is 2. The minimum Gasteiger partial charge on any atom is -0.439 e. The summed E-state index contributed by atoms with van der Waals surface area (Å²) in [7, 11) is 0. The number of anilines is 1. The topological polar surface area (TPSA) is 74.7 Å². The number of amides is 2. The molecule has 0 saturated carbocycles. The van der Waals surface area contributed by atoms with Gasteiger partial charge >= 0.3 is 6.03 Å². The number of carbonyl (C=O) groups is 1. The van der Waals surface area contributed by atoms with E-state index in [9.17, 15) is 9.90 Å². The van der Waals surface area contributed by atoms with Gasteiger partial charge in [-0.05, 0) is 38.0 Å². The third-order valence-electron chi connectivity index (χ3n) is 3.91. The maximum absolute atomic E-state index is 12.2. The highest BCUT2D eigenvalue weighted by Gasteiger charge is 2.22. The monoisotopic (exact) mass is 327 g/mol. The van der Waals surface area contributed by atoms with Crippen LogP contribution in [0.15, 0.2) is 42.6 Å². The number of piperidine rings is 1. The molecule has 6 heteroatoms. The average Bonchev–Trinajstić information content (AvgIpc) is 2.59. The van der Waals surface area contributed by atoms with Crippen LogP contribution in [0.3, 0.4) is 0 Å². The van der Waals surface area contributed by atoms with Crippen LogP contribution in [0.4, 0.5) is 10.5 Å². The van der Waals surface area contributed by atoms with Crippen LogP contribution >= 0.6 is 0 Å². The van der Waals surface area contributed by atoms with Gasteiger partial charge in [-0.1, -0.05) is 17.7 Å². The molecule has 1 aromatic carbocycles. The van der Waals surface area contributed by atoms with E-state index in [0.717, 1.165) is 18.4 Å². The molecule has 1 aliphatic heterocycles. The number of pyridine rings is 1. The molecule has 1 fully saturated rings. The molecule has 2 heterocycles. The van der Waals surface area contributed by atoms with Crippen molar-refractivity contribution in [3.63, 3.8) is 0 Å². The Hall–Kier alpha value is -2.60. The van der Waals surface area contributed by atoms with Crippen molar-refractivity contribution in [3.05, 3.63) is 48.2 Å². The number of hydrogen-bond donors (Lipinski definition) is 2. The van der Waals surface area contributed by atoms with Crippen LogP contribution in [0.2, 0.25) is 0 Å². The molecule has 24 heavy (non-hydrogen) atoms. The molecule has 1 saturated heterocycles. The largest absolute Gasteiger partial charge is 0.439 e. The summed E-state index contributed by atoms with van der Waals surface area (Å²) in [6, 6.07) is 10.9. The van der Waals surface area contributed by atoms with Gasteiger partial charge in [0.2, 0.25) is 5.88 Å². The molecule has 126 valence electrons. The van der Waals surface area contributed by atoms with E-state index in [4.69, 9.17) is 4.74 Å². The predicted molar refractivity (Wildman–Crippen MR) is 91.3 cm³/mol. The highest BCUT2D eigenvalue weighted by Crippen LogP contribution is 2.21. The number of benzene rings is 1. The van der Waals surface area contributed by atoms with E-state index in [1.54, 1.807) is 23.2 Å². The van der Waals surface area contributed by atoms with Gasteiger partial charge in [0, 0.05) is 19.2 Å². The van der Waals surface area contributed by atoms with Crippen LogP contribution in [-0.2, 0) is 0 Å². The maximum Gasteiger partial charge on any atom is 0.321 e. The van der Waals surface area contributed by atoms with Crippen molar-refractivity contribution in [2.24, 2.45) is 0 Å². The van der Waals surface area contributed by atoms with Gasteiger partial charge in [0.1, 0.15) is 5.75 Å². The van der Waals surface area contributed by atoms with E-state index in [1.807, 2.05) is 31.2 Å². The summed E-state index contributed by atoms with van der Waals surface area (Å²) in [5.74, 6) is 1.18. The van der Waals surface area contributed by atoms with Crippen LogP contribution < -0.4 is 10.1 Å². The van der Waals surface area contributed by atoms with Gasteiger partial charge < -0.3 is 20.1 Å². The molecule has 0 bridgehead atoms. The normalized spacial score (nSPS) is 17.4. The first-order valence-electron chi connectivity index (χ1n) is 8.05. The Morgan fingerprint density at radius 3 is 2.75 bits per heavy atom. The molecule has 0 radical (unpaired) electrons. The van der Waals surface area contributed by atoms with Crippen LogP contribution in [-0.4, -0.2) is 40.2 Å². The highest BCUT2D eigenvalue weighted by molar-refractivity contribution is 5.89. The van der Waals surface area contributed by atoms with Crippen LogP contribution in [0, 0.1) is 6.92 Å². The van der Waals surface area contributed by atoms with Crippen molar-refractivity contribution in [1.29, 1.82) is 0 Å². The number of carbonyl (C=O) groups excluding carboxylic acids is 1. The summed E-state index contributed by atoms with van der Waals surface area (Å²) in [5.41, 5.74) is 1.76. The first kappa shape index (κ1) is 16.3. The van der Waals surface area contributed by atoms with Crippen LogP contribution in [0.1, 0.15) is 18.4 Å². The predicted octanol–water partition coefficient (Wildman–Crippen LogP) is 3.17. The van der Waals surface area contributed by atoms with Crippen molar-refractivity contribution >= 4 is 11.7 Å². The molecule has 0 aliphatic carbocycles. The Kier molecular flexibility index (Phi) is 4.96. The molecule has 6 nitrogen and oxygen atoms in total. The molecular formula is C18H21N3O3. The van der Waals surface area contributed by atoms with Crippen LogP contribution in [0.5, 0.6) is 11.6 Å². The Bertz CT molecular complexity index is 686. The lowest BCUT2D eigenvalue weighted by Crippen LogP contribution is -2.44. The number of aliphatic hydroxyl groups is 1. The number of β-amino-alcohol motifs (C(OH)–C–C–N with tert-alkyl or cyclic N) is 1. The van der Waals surface area contributed by atoms with Crippen molar-refractivity contribution in [2.75, 3.05) is 18.4 Å². The van der Waals surface area contributed by atoms with Gasteiger partial charge in [-0.15, -0.1) is 0 Å². The zero-order valence-corrected chi connectivity index (χ0v) is 13.6. The fourth-order valence-electron chi connectivity index (χ4n) is 2.58. The smallest absolute Gasteiger partial charge is 0.321 e. The second-order valence-electron chi connectivity index (χ2n) is 5.97. The number of aryl methyl sites for hydroxylation is 1. The summed E-state index contributed by atoms with van der Waals surface area (Å²) < 4.78 is 5.66. The minimum absolute atomic E-state index is 0.220. The lowest BCUT2D eigenvalue weighted by molar-refractivity contribution is 0.0883. The number of ether oxygens (including phenoxy) is 1. The van der Waals surface area contributed by atoms with E-state index in [2.05, 4.69) is 10.3 Å². The summed E-state index contributed by atoms with van der Waals surface area (Å²) in [4.78, 5) is 18.0. The third kappa shape index (κ3) is 4.23. The van der Waals surface area contributed by atoms with E-state index < -0.39 is 6.10 Å². The average molecular weight is 327 g/mol. The number of aliphatic hydroxyl groups excluding tert-OH is 1. The number of aromatic nitrogens is 1. The van der Waals surface area contributed by atoms with Gasteiger partial charge in [0.05, 0.1) is 18.0 Å². The second kappa shape index (κ2) is 7.31. The van der Waals surface area contributed by atoms with Gasteiger partial charge in [-0.3, -0.25) is 0 Å². The molecule has 2 aromatic rings. The van der Waals surface area contributed by atoms with E-state index in [0.29, 0.717) is 30.4 Å². The molecule has 3 rings (SSSR count). The Morgan fingerprint density at radius 1 is 1.29 bits per heavy atom. The fourth-order valence-corrected chi connectivity index (χ4v) is 2.58. The number of hydrogen-bond acceptors (Lipinski definition) is 4. The Morgan fingerprint density at radius 2 is 2.08 bits per heavy atom. The molecular weight excluding hydrogens is 306 g/mol. The fraction of sp³-hybridized carbons (Fsp3) is 0.333. The summed E-state index contributed by atoms with van der Waals surface area (Å²) in [6.07, 6.45) is 2.68. The standard InChI is InChI=1S/C18H21N3O3/c1-13-4-7-16(8-5-13)24-17-9-6-14(11-19-17)20-18(23)21-10-2-3-15(22)12-21/h4-9,11,15,22H,2-3,10,12H2,1H3,(H,20,23). The number of nitrogens with one attached hydrogen (secondary N) is 1. The first-order chi connectivity index (χ1) is 11.6. The SMILES string of the molecule is Cc1ccc(Oc2ccc(NC(=O)N3CCCC(O)C3)cn2)cc1. The van der Waals surface area contributed by atoms with Crippen molar-refractivity contribution in [1.82, 2.24) is 9.88 Å². The highest BCUT2D eigenvalue weighted by atomic mass is 16.5. The maximum atomic E-state index is 12.2. The lowest BCUT2D eigenvalue weighted by atomic mass is 10.1. The Balaban J connectivity index is 1.58. The van der Waals surface area contributed by atoms with Gasteiger partial charge in [0.25, 0.3) is 0 Å². The first-order valence-corrected chi connectivity index (χ1v) is 8.05. The molecule has 1 aliphatic rings. The molecule has 1 aromatic heterocycles. The summed E-state index contributed by atoms with van der Waals surface area (Å²) in [6.45, 7) is 3.04. The van der Waals surface area contributed by atoms with Gasteiger partial charge in [0.15, 0.2) is 0 Å². The minimum atomic E-state index is -0.437. The zero-order chi connectivity index (χ0) is 16.9. The van der Waals surface area contributed by atoms with Gasteiger partial charge in [-0.2, -0.15) is 0 Å². The van der Waals surface area contributed by atoms with Crippen molar-refractivity contribution in [2.45, 2.75) is 25.9 Å². The summed E-state index contributed by atoms with van der Waals surface area (Å²) in [5, 5.41) is 12.4. The number of likely N-dealkylation sites (tertiary alicyclic amines) is 1. The molecule has 0 spiro atoms. The Labute approximate surface area is 141 Å². The summed E-state index contributed by atoms with van der Waals surface area (Å²) >= 11 is 0. The van der Waals surface area contributed by atoms with Crippen molar-refractivity contribution in [3.8, 4) is 11.6 Å². The number of urea groups is 1. The molecule has 2 N–H and O–H groups in total. The van der Waals surface area contributed by atoms with Crippen LogP contribution in [0.25, 0.3) is 0 Å². The molecule has 2 amide bonds. The molecule has 1 unspecified atom stereocenters. The lowest BCUT2D eigenvalue weighted by Gasteiger charge is -2.30. The van der Waals surface area contributed by atoms with Crippen molar-refractivity contribution < 1.29 is 14.6 Å². The van der Waals surface area contributed by atoms with Gasteiger partial charge in [-0.25, -0.2) is 9.78 Å². The molecule has 1 atom stereocenters. The third-order valence-corrected chi connectivity index (χ3v) is 3.91.